The van der Waals surface area contributed by atoms with Crippen molar-refractivity contribution in [1.82, 2.24) is 9.55 Å². The number of ether oxygens (including phenoxy) is 1. The summed E-state index contributed by atoms with van der Waals surface area (Å²) >= 11 is 0. The molecule has 1 aliphatic heterocycles. The van der Waals surface area contributed by atoms with Crippen molar-refractivity contribution in [3.8, 4) is 0 Å². The molecule has 0 bridgehead atoms. The van der Waals surface area contributed by atoms with Gasteiger partial charge in [-0.2, -0.15) is 0 Å². The lowest BCUT2D eigenvalue weighted by Crippen LogP contribution is -2.36. The Kier molecular flexibility index (Phi) is 6.90. The van der Waals surface area contributed by atoms with Crippen LogP contribution >= 0.6 is 0 Å². The number of hydrogen-bond acceptors (Lipinski definition) is 5. The molecule has 1 aromatic heterocycles. The van der Waals surface area contributed by atoms with E-state index < -0.39 is 29.7 Å². The number of aromatic nitrogens is 2. The number of unbranched alkanes of at least 4 members (excludes halogenated alkanes) is 4. The van der Waals surface area contributed by atoms with E-state index in [1.54, 1.807) is 19.1 Å². The normalized spacial score (nSPS) is 20.8. The van der Waals surface area contributed by atoms with Crippen LogP contribution in [0.2, 0.25) is 0 Å². The zero-order valence-electron chi connectivity index (χ0n) is 14.7. The monoisotopic (exact) mass is 350 g/mol. The molecule has 2 heterocycles. The van der Waals surface area contributed by atoms with Crippen molar-refractivity contribution in [1.29, 1.82) is 0 Å². The Morgan fingerprint density at radius 3 is 2.72 bits per heavy atom. The van der Waals surface area contributed by atoms with Gasteiger partial charge in [-0.05, 0) is 19.4 Å². The van der Waals surface area contributed by atoms with Gasteiger partial charge in [0.1, 0.15) is 12.2 Å². The quantitative estimate of drug-likeness (QED) is 0.520. The van der Waals surface area contributed by atoms with Crippen LogP contribution in [-0.4, -0.2) is 32.6 Å². The molecule has 0 aromatic carbocycles. The summed E-state index contributed by atoms with van der Waals surface area (Å²) in [7, 11) is 0. The highest BCUT2D eigenvalue weighted by molar-refractivity contribution is 5.83. The number of aliphatic hydroxyl groups is 1. The molecule has 138 valence electrons. The molecule has 7 heteroatoms. The summed E-state index contributed by atoms with van der Waals surface area (Å²) in [5.74, 6) is -0.253. The van der Waals surface area contributed by atoms with E-state index in [-0.39, 0.29) is 5.78 Å². The van der Waals surface area contributed by atoms with E-state index in [9.17, 15) is 19.5 Å². The minimum Gasteiger partial charge on any atom is -0.382 e. The lowest BCUT2D eigenvalue weighted by Gasteiger charge is -2.19. The summed E-state index contributed by atoms with van der Waals surface area (Å²) < 4.78 is 6.84. The largest absolute Gasteiger partial charge is 0.382 e. The van der Waals surface area contributed by atoms with Gasteiger partial charge in [-0.1, -0.05) is 38.7 Å². The zero-order valence-corrected chi connectivity index (χ0v) is 14.7. The van der Waals surface area contributed by atoms with Crippen LogP contribution in [0.5, 0.6) is 0 Å². The van der Waals surface area contributed by atoms with Gasteiger partial charge in [0.05, 0.1) is 0 Å². The van der Waals surface area contributed by atoms with Crippen molar-refractivity contribution in [2.24, 2.45) is 0 Å². The fraction of sp³-hybridized carbons (Fsp3) is 0.611. The van der Waals surface area contributed by atoms with E-state index in [0.717, 1.165) is 32.1 Å². The molecule has 2 rings (SSSR count). The summed E-state index contributed by atoms with van der Waals surface area (Å²) in [5.41, 5.74) is -0.663. The van der Waals surface area contributed by atoms with E-state index in [0.29, 0.717) is 12.0 Å². The number of H-pyrrole nitrogens is 1. The van der Waals surface area contributed by atoms with Gasteiger partial charge in [-0.3, -0.25) is 19.1 Å². The van der Waals surface area contributed by atoms with Crippen LogP contribution in [0.4, 0.5) is 0 Å². The second-order valence-corrected chi connectivity index (χ2v) is 6.43. The molecule has 0 radical (unpaired) electrons. The smallest absolute Gasteiger partial charge is 0.330 e. The van der Waals surface area contributed by atoms with Crippen molar-refractivity contribution >= 4 is 5.78 Å². The molecule has 2 N–H and O–H groups in total. The Bertz CT molecular complexity index is 734. The lowest BCUT2D eigenvalue weighted by molar-refractivity contribution is -0.135. The molecule has 0 aliphatic carbocycles. The van der Waals surface area contributed by atoms with Crippen molar-refractivity contribution in [3.63, 3.8) is 0 Å². The number of ketones is 1. The average Bonchev–Trinajstić information content (AvgIpc) is 3.06. The molecular formula is C18H26N2O5. The fourth-order valence-corrected chi connectivity index (χ4v) is 2.80. The highest BCUT2D eigenvalue weighted by Crippen LogP contribution is 2.23. The highest BCUT2D eigenvalue weighted by atomic mass is 16.5. The maximum atomic E-state index is 12.1. The molecule has 0 spiro atoms. The molecule has 0 saturated heterocycles. The van der Waals surface area contributed by atoms with Crippen molar-refractivity contribution in [3.05, 3.63) is 44.8 Å². The molecule has 1 aromatic rings. The lowest BCUT2D eigenvalue weighted by atomic mass is 10.0. The van der Waals surface area contributed by atoms with Crippen molar-refractivity contribution in [2.75, 3.05) is 0 Å². The topological polar surface area (TPSA) is 101 Å². The Morgan fingerprint density at radius 1 is 1.28 bits per heavy atom. The molecule has 3 atom stereocenters. The van der Waals surface area contributed by atoms with E-state index in [4.69, 9.17) is 4.74 Å². The number of rotatable bonds is 9. The van der Waals surface area contributed by atoms with Gasteiger partial charge in [0.15, 0.2) is 12.0 Å². The zero-order chi connectivity index (χ0) is 18.4. The van der Waals surface area contributed by atoms with Crippen LogP contribution in [0.3, 0.4) is 0 Å². The fourth-order valence-electron chi connectivity index (χ4n) is 2.80. The maximum Gasteiger partial charge on any atom is 0.330 e. The SMILES string of the molecule is CCCCCCCC(=O)C(O)[C@@H]1C=C[C@H](n2cc(C)c(=O)[nH]c2=O)O1. The number of hydrogen-bond donors (Lipinski definition) is 2. The summed E-state index contributed by atoms with van der Waals surface area (Å²) in [5, 5.41) is 10.2. The number of Topliss-reactive ketones (excluding diaryl/α,β-unsaturated/α-hetero) is 1. The van der Waals surface area contributed by atoms with Crippen LogP contribution in [0.25, 0.3) is 0 Å². The Balaban J connectivity index is 1.91. The predicted octanol–water partition coefficient (Wildman–Crippen LogP) is 1.59. The number of aromatic amines is 1. The Labute approximate surface area is 146 Å². The molecule has 0 saturated carbocycles. The molecule has 1 aliphatic rings. The molecule has 1 unspecified atom stereocenters. The summed E-state index contributed by atoms with van der Waals surface area (Å²) in [6.07, 6.45) is 7.25. The standard InChI is InChI=1S/C18H26N2O5/c1-3-4-5-6-7-8-13(21)16(22)14-9-10-15(25-14)20-11-12(2)17(23)19-18(20)24/h9-11,14-16,22H,3-8H2,1-2H3,(H,19,23,24)/t14-,15+,16?/m0/s1. The van der Waals surface area contributed by atoms with E-state index in [2.05, 4.69) is 11.9 Å². The first-order valence-electron chi connectivity index (χ1n) is 8.80. The molecule has 0 fully saturated rings. The molecule has 25 heavy (non-hydrogen) atoms. The average molecular weight is 350 g/mol. The maximum absolute atomic E-state index is 12.1. The van der Waals surface area contributed by atoms with Crippen LogP contribution in [0, 0.1) is 6.92 Å². The number of carbonyl (C=O) groups excluding carboxylic acids is 1. The number of nitrogens with zero attached hydrogens (tertiary/aromatic N) is 1. The third-order valence-corrected chi connectivity index (χ3v) is 4.35. The van der Waals surface area contributed by atoms with Crippen LogP contribution < -0.4 is 11.2 Å². The first-order valence-corrected chi connectivity index (χ1v) is 8.80. The second kappa shape index (κ2) is 8.92. The van der Waals surface area contributed by atoms with Gasteiger partial charge < -0.3 is 9.84 Å². The van der Waals surface area contributed by atoms with Gasteiger partial charge in [0.2, 0.25) is 0 Å². The number of aliphatic hydroxyl groups excluding tert-OH is 1. The Morgan fingerprint density at radius 2 is 2.00 bits per heavy atom. The van der Waals surface area contributed by atoms with Gasteiger partial charge >= 0.3 is 5.69 Å². The molecular weight excluding hydrogens is 324 g/mol. The second-order valence-electron chi connectivity index (χ2n) is 6.43. The number of aryl methyl sites for hydroxylation is 1. The Hall–Kier alpha value is -1.99. The van der Waals surface area contributed by atoms with Crippen LogP contribution in [0.15, 0.2) is 27.9 Å². The third kappa shape index (κ3) is 4.99. The predicted molar refractivity (Wildman–Crippen MR) is 93.5 cm³/mol. The molecule has 7 nitrogen and oxygen atoms in total. The van der Waals surface area contributed by atoms with E-state index in [1.807, 2.05) is 0 Å². The first-order chi connectivity index (χ1) is 11.9. The third-order valence-electron chi connectivity index (χ3n) is 4.35. The van der Waals surface area contributed by atoms with Gasteiger partial charge in [-0.25, -0.2) is 4.79 Å². The number of nitrogens with one attached hydrogen (secondary N) is 1. The van der Waals surface area contributed by atoms with Gasteiger partial charge in [0, 0.05) is 18.2 Å². The molecule has 0 amide bonds. The highest BCUT2D eigenvalue weighted by Gasteiger charge is 2.31. The van der Waals surface area contributed by atoms with Crippen LogP contribution in [-0.2, 0) is 9.53 Å². The summed E-state index contributed by atoms with van der Waals surface area (Å²) in [6.45, 7) is 3.71. The van der Waals surface area contributed by atoms with Gasteiger partial charge in [-0.15, -0.1) is 0 Å². The van der Waals surface area contributed by atoms with Crippen LogP contribution in [0.1, 0.15) is 57.2 Å². The first kappa shape index (κ1) is 19.3. The van der Waals surface area contributed by atoms with Crippen molar-refractivity contribution in [2.45, 2.75) is 70.8 Å². The van der Waals surface area contributed by atoms with Gasteiger partial charge in [0.25, 0.3) is 5.56 Å². The minimum atomic E-state index is -1.24. The summed E-state index contributed by atoms with van der Waals surface area (Å²) in [6, 6.07) is 0. The number of carbonyl (C=O) groups is 1. The summed E-state index contributed by atoms with van der Waals surface area (Å²) in [4.78, 5) is 37.6. The van der Waals surface area contributed by atoms with Crippen molar-refractivity contribution < 1.29 is 14.6 Å². The minimum absolute atomic E-state index is 0.253. The van der Waals surface area contributed by atoms with E-state index >= 15 is 0 Å². The van der Waals surface area contributed by atoms with E-state index in [1.165, 1.54) is 10.8 Å².